The van der Waals surface area contributed by atoms with E-state index in [1.807, 2.05) is 55.5 Å². The number of ether oxygens (including phenoxy) is 1. The number of carbonyl (C=O) groups excluding carboxylic acids is 1. The topological polar surface area (TPSA) is 38.7 Å². The summed E-state index contributed by atoms with van der Waals surface area (Å²) in [5.74, 6) is 0.759. The van der Waals surface area contributed by atoms with Crippen molar-refractivity contribution in [1.29, 1.82) is 0 Å². The molecule has 2 aromatic rings. The van der Waals surface area contributed by atoms with Crippen molar-refractivity contribution >= 4 is 28.0 Å². The van der Waals surface area contributed by atoms with Crippen LogP contribution in [0, 0.1) is 6.92 Å². The Balaban J connectivity index is 1.92. The number of hydrogen-bond acceptors (Lipinski definition) is 4. The van der Waals surface area contributed by atoms with E-state index in [2.05, 4.69) is 4.99 Å². The Labute approximate surface area is 133 Å². The van der Waals surface area contributed by atoms with Gasteiger partial charge in [0.2, 0.25) is 5.12 Å². The Hall–Kier alpha value is -2.33. The lowest BCUT2D eigenvalue weighted by molar-refractivity contribution is -0.107. The minimum atomic E-state index is -0.0293. The number of aryl methyl sites for hydroxylation is 1. The SMILES string of the molecule is COc1cccc(C=C2N=C(c3ccc(C)cc3)SC2=O)c1. The van der Waals surface area contributed by atoms with Gasteiger partial charge in [0.25, 0.3) is 0 Å². The molecule has 0 aliphatic carbocycles. The molecule has 0 atom stereocenters. The van der Waals surface area contributed by atoms with Gasteiger partial charge in [-0.1, -0.05) is 42.0 Å². The van der Waals surface area contributed by atoms with E-state index in [1.165, 1.54) is 17.3 Å². The molecule has 3 nitrogen and oxygen atoms in total. The van der Waals surface area contributed by atoms with E-state index in [0.29, 0.717) is 5.70 Å². The lowest BCUT2D eigenvalue weighted by atomic mass is 10.1. The summed E-state index contributed by atoms with van der Waals surface area (Å²) in [6.45, 7) is 2.03. The molecule has 0 amide bonds. The Morgan fingerprint density at radius 2 is 1.91 bits per heavy atom. The third-order valence-corrected chi connectivity index (χ3v) is 4.23. The van der Waals surface area contributed by atoms with Gasteiger partial charge < -0.3 is 4.74 Å². The summed E-state index contributed by atoms with van der Waals surface area (Å²) in [4.78, 5) is 16.6. The summed E-state index contributed by atoms with van der Waals surface area (Å²) in [6, 6.07) is 15.6. The zero-order chi connectivity index (χ0) is 15.5. The summed E-state index contributed by atoms with van der Waals surface area (Å²) < 4.78 is 5.19. The van der Waals surface area contributed by atoms with E-state index in [0.717, 1.165) is 21.9 Å². The first-order valence-electron chi connectivity index (χ1n) is 6.89. The Kier molecular flexibility index (Phi) is 4.11. The van der Waals surface area contributed by atoms with Gasteiger partial charge in [-0.15, -0.1) is 0 Å². The molecule has 0 saturated heterocycles. The molecule has 4 heteroatoms. The van der Waals surface area contributed by atoms with Crippen molar-refractivity contribution in [2.75, 3.05) is 7.11 Å². The minimum Gasteiger partial charge on any atom is -0.497 e. The van der Waals surface area contributed by atoms with Gasteiger partial charge in [-0.2, -0.15) is 0 Å². The summed E-state index contributed by atoms with van der Waals surface area (Å²) >= 11 is 1.17. The van der Waals surface area contributed by atoms with Crippen LogP contribution < -0.4 is 4.74 Å². The molecule has 3 rings (SSSR count). The standard InChI is InChI=1S/C18H15NO2S/c1-12-6-8-14(9-7-12)17-19-16(18(20)22-17)11-13-4-3-5-15(10-13)21-2/h3-11H,1-2H3. The highest BCUT2D eigenvalue weighted by molar-refractivity contribution is 8.27. The van der Waals surface area contributed by atoms with Crippen molar-refractivity contribution in [3.05, 3.63) is 70.9 Å². The van der Waals surface area contributed by atoms with Crippen LogP contribution in [0.1, 0.15) is 16.7 Å². The van der Waals surface area contributed by atoms with Crippen molar-refractivity contribution in [1.82, 2.24) is 0 Å². The van der Waals surface area contributed by atoms with E-state index >= 15 is 0 Å². The Bertz CT molecular complexity index is 776. The van der Waals surface area contributed by atoms with Crippen LogP contribution in [0.5, 0.6) is 5.75 Å². The van der Waals surface area contributed by atoms with Crippen LogP contribution in [0.4, 0.5) is 0 Å². The van der Waals surface area contributed by atoms with E-state index in [4.69, 9.17) is 4.74 Å². The van der Waals surface area contributed by atoms with Crippen LogP contribution >= 0.6 is 11.8 Å². The number of rotatable bonds is 3. The Morgan fingerprint density at radius 1 is 1.14 bits per heavy atom. The fourth-order valence-corrected chi connectivity index (χ4v) is 2.90. The normalized spacial score (nSPS) is 16.0. The molecule has 0 aromatic heterocycles. The second kappa shape index (κ2) is 6.20. The lowest BCUT2D eigenvalue weighted by Gasteiger charge is -2.00. The number of benzene rings is 2. The monoisotopic (exact) mass is 309 g/mol. The van der Waals surface area contributed by atoms with Crippen LogP contribution in [-0.4, -0.2) is 17.3 Å². The summed E-state index contributed by atoms with van der Waals surface area (Å²) in [5.41, 5.74) is 3.52. The average molecular weight is 309 g/mol. The molecule has 2 aromatic carbocycles. The van der Waals surface area contributed by atoms with Gasteiger partial charge in [-0.05, 0) is 42.5 Å². The molecule has 0 N–H and O–H groups in total. The fraction of sp³-hybridized carbons (Fsp3) is 0.111. The van der Waals surface area contributed by atoms with Gasteiger partial charge in [0.15, 0.2) is 0 Å². The van der Waals surface area contributed by atoms with E-state index < -0.39 is 0 Å². The Morgan fingerprint density at radius 3 is 2.64 bits per heavy atom. The van der Waals surface area contributed by atoms with Crippen molar-refractivity contribution in [3.8, 4) is 5.75 Å². The second-order valence-electron chi connectivity index (χ2n) is 4.98. The molecule has 110 valence electrons. The number of thioether (sulfide) groups is 1. The predicted molar refractivity (Wildman–Crippen MR) is 91.3 cm³/mol. The molecule has 0 fully saturated rings. The third kappa shape index (κ3) is 3.12. The second-order valence-corrected chi connectivity index (χ2v) is 5.94. The molecule has 22 heavy (non-hydrogen) atoms. The van der Waals surface area contributed by atoms with Gasteiger partial charge in [0.05, 0.1) is 7.11 Å². The van der Waals surface area contributed by atoms with Crippen LogP contribution in [0.25, 0.3) is 6.08 Å². The molecule has 1 heterocycles. The number of hydrogen-bond donors (Lipinski definition) is 0. The number of nitrogens with zero attached hydrogens (tertiary/aromatic N) is 1. The van der Waals surface area contributed by atoms with E-state index in [-0.39, 0.29) is 5.12 Å². The highest BCUT2D eigenvalue weighted by Crippen LogP contribution is 2.29. The van der Waals surface area contributed by atoms with Crippen molar-refractivity contribution in [2.24, 2.45) is 4.99 Å². The van der Waals surface area contributed by atoms with Crippen molar-refractivity contribution < 1.29 is 9.53 Å². The van der Waals surface area contributed by atoms with Gasteiger partial charge in [0, 0.05) is 5.56 Å². The molecular formula is C18H15NO2S. The van der Waals surface area contributed by atoms with Crippen LogP contribution in [-0.2, 0) is 4.79 Å². The molecular weight excluding hydrogens is 294 g/mol. The molecule has 1 aliphatic rings. The predicted octanol–water partition coefficient (Wildman–Crippen LogP) is 4.06. The van der Waals surface area contributed by atoms with Gasteiger partial charge in [0.1, 0.15) is 16.5 Å². The number of carbonyl (C=O) groups is 1. The first-order chi connectivity index (χ1) is 10.7. The maximum Gasteiger partial charge on any atom is 0.244 e. The number of methoxy groups -OCH3 is 1. The van der Waals surface area contributed by atoms with Crippen LogP contribution in [0.2, 0.25) is 0 Å². The van der Waals surface area contributed by atoms with Gasteiger partial charge in [-0.25, -0.2) is 4.99 Å². The third-order valence-electron chi connectivity index (χ3n) is 3.32. The molecule has 0 radical (unpaired) electrons. The highest BCUT2D eigenvalue weighted by Gasteiger charge is 2.23. The maximum absolute atomic E-state index is 12.1. The first-order valence-corrected chi connectivity index (χ1v) is 7.71. The summed E-state index contributed by atoms with van der Waals surface area (Å²) in [7, 11) is 1.62. The molecule has 0 unspecified atom stereocenters. The molecule has 1 aliphatic heterocycles. The zero-order valence-corrected chi connectivity index (χ0v) is 13.2. The smallest absolute Gasteiger partial charge is 0.244 e. The molecule has 0 bridgehead atoms. The summed E-state index contributed by atoms with van der Waals surface area (Å²) in [6.07, 6.45) is 1.79. The average Bonchev–Trinajstić information content (AvgIpc) is 2.89. The number of aliphatic imine (C=N–C) groups is 1. The van der Waals surface area contributed by atoms with Crippen molar-refractivity contribution in [3.63, 3.8) is 0 Å². The lowest BCUT2D eigenvalue weighted by Crippen LogP contribution is -1.92. The zero-order valence-electron chi connectivity index (χ0n) is 12.4. The van der Waals surface area contributed by atoms with E-state index in [9.17, 15) is 4.79 Å². The molecule has 0 spiro atoms. The highest BCUT2D eigenvalue weighted by atomic mass is 32.2. The van der Waals surface area contributed by atoms with Crippen LogP contribution in [0.15, 0.2) is 59.2 Å². The van der Waals surface area contributed by atoms with Gasteiger partial charge in [-0.3, -0.25) is 4.79 Å². The maximum atomic E-state index is 12.1. The van der Waals surface area contributed by atoms with E-state index in [1.54, 1.807) is 13.2 Å². The quantitative estimate of drug-likeness (QED) is 0.802. The fourth-order valence-electron chi connectivity index (χ4n) is 2.12. The molecule has 0 saturated carbocycles. The van der Waals surface area contributed by atoms with Gasteiger partial charge >= 0.3 is 0 Å². The van der Waals surface area contributed by atoms with Crippen LogP contribution in [0.3, 0.4) is 0 Å². The largest absolute Gasteiger partial charge is 0.497 e. The van der Waals surface area contributed by atoms with Crippen molar-refractivity contribution in [2.45, 2.75) is 6.92 Å². The summed E-state index contributed by atoms with van der Waals surface area (Å²) in [5, 5.41) is 0.720. The minimum absolute atomic E-state index is 0.0293. The first kappa shape index (κ1) is 14.6.